The summed E-state index contributed by atoms with van der Waals surface area (Å²) in [6.07, 6.45) is -2.52. The highest BCUT2D eigenvalue weighted by molar-refractivity contribution is 6.03. The zero-order valence-electron chi connectivity index (χ0n) is 21.7. The maximum absolute atomic E-state index is 13.0. The van der Waals surface area contributed by atoms with Crippen molar-refractivity contribution in [1.29, 1.82) is 0 Å². The third-order valence-corrected chi connectivity index (χ3v) is 7.76. The van der Waals surface area contributed by atoms with Crippen molar-refractivity contribution in [3.63, 3.8) is 0 Å². The molecule has 2 aliphatic heterocycles. The van der Waals surface area contributed by atoms with Gasteiger partial charge in [-0.2, -0.15) is 4.84 Å². The maximum atomic E-state index is 13.0. The van der Waals surface area contributed by atoms with Crippen molar-refractivity contribution in [2.45, 2.75) is 42.9 Å². The number of benzene rings is 3. The van der Waals surface area contributed by atoms with Gasteiger partial charge in [0, 0.05) is 0 Å². The van der Waals surface area contributed by atoms with Crippen LogP contribution in [0.1, 0.15) is 30.0 Å². The zero-order chi connectivity index (χ0) is 27.8. The standard InChI is InChI=1S/C30H31N3O6/c1-20-19-33(38-2,28(36)32-27(20)35)25-18-24(34)26(39-25)30(31,37)29(21-12-6-3-7-13-21,22-14-8-4-9-15-22)23-16-10-5-11-17-23/h3-17,19,24-26,34,37H,18,31H2,1-2H3/p+1/t24-,25+,26-,30?,33?/m0/s1. The smallest absolute Gasteiger partial charge is 0.390 e. The van der Waals surface area contributed by atoms with E-state index in [1.165, 1.54) is 13.3 Å². The number of hydroxylamine groups is 3. The SMILES string of the molecule is CO[N+]1([C@H]2C[C@H](O)[C@@H](C(N)(O)C(c3ccccc3)(c3ccccc3)c3ccccc3)O2)C=C(C)C(=O)NC1=O. The summed E-state index contributed by atoms with van der Waals surface area (Å²) in [5.41, 5.74) is 5.64. The number of urea groups is 1. The molecule has 202 valence electrons. The van der Waals surface area contributed by atoms with Gasteiger partial charge in [-0.25, -0.2) is 10.1 Å². The second kappa shape index (κ2) is 10.1. The van der Waals surface area contributed by atoms with Crippen LogP contribution in [0.15, 0.2) is 103 Å². The van der Waals surface area contributed by atoms with Gasteiger partial charge < -0.3 is 20.7 Å². The van der Waals surface area contributed by atoms with E-state index < -0.39 is 46.2 Å². The molecule has 3 aromatic rings. The first-order valence-corrected chi connectivity index (χ1v) is 12.7. The molecule has 2 aliphatic rings. The Kier molecular flexibility index (Phi) is 6.98. The van der Waals surface area contributed by atoms with Crippen molar-refractivity contribution in [2.24, 2.45) is 5.73 Å². The molecule has 2 heterocycles. The van der Waals surface area contributed by atoms with Crippen molar-refractivity contribution >= 4 is 11.9 Å². The van der Waals surface area contributed by atoms with Crippen LogP contribution in [-0.4, -0.2) is 58.1 Å². The minimum atomic E-state index is -2.25. The molecular formula is C30H32N3O6+. The number of aliphatic hydroxyl groups is 2. The lowest BCUT2D eigenvalue weighted by Crippen LogP contribution is -2.69. The largest absolute Gasteiger partial charge is 0.463 e. The zero-order valence-corrected chi connectivity index (χ0v) is 21.7. The highest BCUT2D eigenvalue weighted by Crippen LogP contribution is 2.50. The van der Waals surface area contributed by atoms with E-state index in [1.807, 2.05) is 91.0 Å². The van der Waals surface area contributed by atoms with E-state index >= 15 is 0 Å². The number of carbonyl (C=O) groups is 2. The van der Waals surface area contributed by atoms with Crippen LogP contribution < -0.4 is 11.1 Å². The second-order valence-corrected chi connectivity index (χ2v) is 9.95. The van der Waals surface area contributed by atoms with Gasteiger partial charge >= 0.3 is 6.03 Å². The topological polar surface area (TPSA) is 131 Å². The number of imide groups is 1. The molecule has 0 aromatic heterocycles. The highest BCUT2D eigenvalue weighted by Gasteiger charge is 2.64. The molecule has 5 atom stereocenters. The molecule has 39 heavy (non-hydrogen) atoms. The third-order valence-electron chi connectivity index (χ3n) is 7.76. The van der Waals surface area contributed by atoms with Gasteiger partial charge in [0.05, 0.1) is 30.6 Å². The van der Waals surface area contributed by atoms with Gasteiger partial charge in [-0.15, -0.1) is 0 Å². The Morgan fingerprint density at radius 1 is 0.923 bits per heavy atom. The predicted molar refractivity (Wildman–Crippen MR) is 142 cm³/mol. The third kappa shape index (κ3) is 4.11. The summed E-state index contributed by atoms with van der Waals surface area (Å²) in [7, 11) is 1.30. The van der Waals surface area contributed by atoms with Crippen LogP contribution in [0.25, 0.3) is 0 Å². The summed E-state index contributed by atoms with van der Waals surface area (Å²) in [5.74, 6) is -0.549. The number of hydrogen-bond donors (Lipinski definition) is 4. The number of aliphatic hydroxyl groups excluding tert-OH is 1. The Bertz CT molecular complexity index is 1280. The van der Waals surface area contributed by atoms with Crippen molar-refractivity contribution in [3.8, 4) is 0 Å². The first kappa shape index (κ1) is 26.9. The quantitative estimate of drug-likeness (QED) is 0.210. The Morgan fingerprint density at radius 3 is 1.82 bits per heavy atom. The Hall–Kier alpha value is -3.70. The van der Waals surface area contributed by atoms with E-state index in [-0.39, 0.29) is 12.0 Å². The maximum Gasteiger partial charge on any atom is 0.463 e. The van der Waals surface area contributed by atoms with Crippen LogP contribution in [0.3, 0.4) is 0 Å². The number of hydrogen-bond acceptors (Lipinski definition) is 7. The average Bonchev–Trinajstić information content (AvgIpc) is 3.36. The summed E-state index contributed by atoms with van der Waals surface area (Å²) >= 11 is 0. The van der Waals surface area contributed by atoms with Crippen LogP contribution in [0.4, 0.5) is 4.79 Å². The molecular weight excluding hydrogens is 498 g/mol. The molecule has 5 N–H and O–H groups in total. The fraction of sp³-hybridized carbons (Fsp3) is 0.267. The first-order valence-electron chi connectivity index (χ1n) is 12.7. The lowest BCUT2D eigenvalue weighted by atomic mass is 9.61. The minimum Gasteiger partial charge on any atom is -0.390 e. The number of nitrogens with zero attached hydrogens (tertiary/aromatic N) is 1. The van der Waals surface area contributed by atoms with Crippen molar-refractivity contribution in [2.75, 3.05) is 7.11 Å². The van der Waals surface area contributed by atoms with Gasteiger partial charge in [-0.3, -0.25) is 4.79 Å². The predicted octanol–water partition coefficient (Wildman–Crippen LogP) is 2.68. The molecule has 5 rings (SSSR count). The molecule has 3 amide bonds. The molecule has 3 aromatic carbocycles. The van der Waals surface area contributed by atoms with E-state index in [2.05, 4.69) is 5.32 Å². The number of rotatable bonds is 7. The minimum absolute atomic E-state index is 0.0993. The first-order chi connectivity index (χ1) is 18.7. The van der Waals surface area contributed by atoms with Gasteiger partial charge in [0.1, 0.15) is 12.3 Å². The van der Waals surface area contributed by atoms with Crippen LogP contribution in [0, 0.1) is 0 Å². The van der Waals surface area contributed by atoms with Crippen molar-refractivity contribution < 1.29 is 34.0 Å². The van der Waals surface area contributed by atoms with E-state index in [0.29, 0.717) is 16.7 Å². The molecule has 9 nitrogen and oxygen atoms in total. The second-order valence-electron chi connectivity index (χ2n) is 9.95. The van der Waals surface area contributed by atoms with Gasteiger partial charge in [0.25, 0.3) is 5.91 Å². The molecule has 9 heteroatoms. The molecule has 2 unspecified atom stereocenters. The van der Waals surface area contributed by atoms with Gasteiger partial charge in [0.2, 0.25) is 6.23 Å². The van der Waals surface area contributed by atoms with Crippen molar-refractivity contribution in [1.82, 2.24) is 5.32 Å². The fourth-order valence-electron chi connectivity index (χ4n) is 5.92. The van der Waals surface area contributed by atoms with Crippen LogP contribution >= 0.6 is 0 Å². The van der Waals surface area contributed by atoms with Crippen molar-refractivity contribution in [3.05, 3.63) is 119 Å². The summed E-state index contributed by atoms with van der Waals surface area (Å²) in [5, 5.41) is 26.2. The summed E-state index contributed by atoms with van der Waals surface area (Å²) < 4.78 is 5.45. The molecule has 0 radical (unpaired) electrons. The average molecular weight is 531 g/mol. The normalized spacial score (nSPS) is 27.0. The van der Waals surface area contributed by atoms with Crippen LogP contribution in [0.5, 0.6) is 0 Å². The number of amides is 3. The molecule has 1 saturated heterocycles. The molecule has 0 saturated carbocycles. The highest BCUT2D eigenvalue weighted by atomic mass is 16.8. The lowest BCUT2D eigenvalue weighted by molar-refractivity contribution is -1.03. The van der Waals surface area contributed by atoms with E-state index in [0.717, 1.165) is 0 Å². The summed E-state index contributed by atoms with van der Waals surface area (Å²) in [4.78, 5) is 30.7. The van der Waals surface area contributed by atoms with E-state index in [1.54, 1.807) is 6.92 Å². The Morgan fingerprint density at radius 2 is 1.38 bits per heavy atom. The number of ether oxygens (including phenoxy) is 1. The monoisotopic (exact) mass is 530 g/mol. The van der Waals surface area contributed by atoms with Gasteiger partial charge in [-0.05, 0) is 28.3 Å². The summed E-state index contributed by atoms with van der Waals surface area (Å²) in [6.45, 7) is 1.54. The summed E-state index contributed by atoms with van der Waals surface area (Å²) in [6, 6.07) is 27.2. The number of nitrogens with two attached hydrogens (primary N) is 1. The Labute approximate surface area is 226 Å². The van der Waals surface area contributed by atoms with Gasteiger partial charge in [0.15, 0.2) is 5.72 Å². The van der Waals surface area contributed by atoms with Gasteiger partial charge in [-0.1, -0.05) is 91.0 Å². The molecule has 0 bridgehead atoms. The van der Waals surface area contributed by atoms with Crippen LogP contribution in [0.2, 0.25) is 0 Å². The number of carbonyl (C=O) groups excluding carboxylic acids is 2. The number of nitrogens with one attached hydrogen (secondary N) is 1. The molecule has 1 fully saturated rings. The number of quaternary nitrogens is 1. The van der Waals surface area contributed by atoms with Crippen LogP contribution in [-0.2, 0) is 19.8 Å². The lowest BCUT2D eigenvalue weighted by Gasteiger charge is -2.49. The fourth-order valence-corrected chi connectivity index (χ4v) is 5.92. The molecule has 0 spiro atoms. The van der Waals surface area contributed by atoms with E-state index in [4.69, 9.17) is 15.3 Å². The molecule has 0 aliphatic carbocycles. The Balaban J connectivity index is 1.69. The van der Waals surface area contributed by atoms with E-state index in [9.17, 15) is 19.8 Å².